The number of aliphatic hydroxyl groups is 3. The molecule has 1 aliphatic rings. The lowest BCUT2D eigenvalue weighted by Gasteiger charge is -2.40. The summed E-state index contributed by atoms with van der Waals surface area (Å²) in [5.74, 6) is -2.06. The van der Waals surface area contributed by atoms with Crippen molar-refractivity contribution in [3.63, 3.8) is 0 Å². The van der Waals surface area contributed by atoms with Gasteiger partial charge in [0.25, 0.3) is 10.1 Å². The highest BCUT2D eigenvalue weighted by Gasteiger charge is 2.46. The molecule has 0 aromatic rings. The van der Waals surface area contributed by atoms with Gasteiger partial charge in [0.15, 0.2) is 12.4 Å². The number of unbranched alkanes of at least 4 members (excludes halogenated alkanes) is 16. The number of carbonyl (C=O) groups excluding carboxylic acids is 2. The quantitative estimate of drug-likeness (QED) is 0.0199. The van der Waals surface area contributed by atoms with Gasteiger partial charge in [-0.15, -0.1) is 0 Å². The Morgan fingerprint density at radius 3 is 1.52 bits per heavy atom. The zero-order valence-corrected chi connectivity index (χ0v) is 38.3. The summed E-state index contributed by atoms with van der Waals surface area (Å²) in [6, 6.07) is 0. The standard InChI is InChI=1S/C48H82O12S/c1-3-5-7-9-11-13-15-17-19-21-23-24-26-28-30-32-34-36-43(49)57-38-41(39-58-48-47(53)46(52)45(51)42(60-48)40-61(54,55)56)59-44(50)37-35-33-31-29-27-25-22-20-18-16-14-12-10-8-6-4-2/h5,7,11,13,17,19,23-24,28,30,41-42,45-48,51-53H,3-4,6,8-10,12,14-16,18,20-22,25-27,29,31-40H2,1-2H3,(H,54,55,56)/b7-5+,13-11+,19-17+,24-23+,30-28+/t41-,42-,45-,46?,47?,48+/m1/s1. The molecule has 0 saturated carbocycles. The number of esters is 2. The van der Waals surface area contributed by atoms with Gasteiger partial charge in [-0.3, -0.25) is 14.1 Å². The lowest BCUT2D eigenvalue weighted by Crippen LogP contribution is -2.60. The predicted octanol–water partition coefficient (Wildman–Crippen LogP) is 9.73. The Balaban J connectivity index is 2.47. The Morgan fingerprint density at radius 2 is 1.03 bits per heavy atom. The van der Waals surface area contributed by atoms with Crippen molar-refractivity contribution in [2.75, 3.05) is 19.0 Å². The summed E-state index contributed by atoms with van der Waals surface area (Å²) in [5, 5.41) is 30.9. The minimum atomic E-state index is -4.61. The van der Waals surface area contributed by atoms with Crippen LogP contribution in [0.15, 0.2) is 60.8 Å². The topological polar surface area (TPSA) is 186 Å². The minimum Gasteiger partial charge on any atom is -0.462 e. The second kappa shape index (κ2) is 37.9. The van der Waals surface area contributed by atoms with Crippen LogP contribution >= 0.6 is 0 Å². The average molecular weight is 883 g/mol. The molecule has 4 N–H and O–H groups in total. The van der Waals surface area contributed by atoms with E-state index in [1.165, 1.54) is 77.0 Å². The van der Waals surface area contributed by atoms with Crippen LogP contribution in [0, 0.1) is 0 Å². The number of rotatable bonds is 38. The van der Waals surface area contributed by atoms with Crippen LogP contribution in [0.25, 0.3) is 0 Å². The van der Waals surface area contributed by atoms with E-state index in [4.69, 9.17) is 18.9 Å². The summed E-state index contributed by atoms with van der Waals surface area (Å²) in [6.45, 7) is 3.60. The lowest BCUT2D eigenvalue weighted by molar-refractivity contribution is -0.297. The van der Waals surface area contributed by atoms with Crippen molar-refractivity contribution in [1.29, 1.82) is 0 Å². The maximum absolute atomic E-state index is 12.8. The second-order valence-corrected chi connectivity index (χ2v) is 17.5. The first-order valence-corrected chi connectivity index (χ1v) is 25.0. The summed E-state index contributed by atoms with van der Waals surface area (Å²) in [7, 11) is -4.61. The Morgan fingerprint density at radius 1 is 0.574 bits per heavy atom. The SMILES string of the molecule is CC/C=C/C/C=C/C/C=C/C/C=C/C/C=C/CCCC(=O)OC[C@H](CO[C@H]1O[C@H](CS(=O)(=O)O)[C@@H](O)C(O)C1O)OC(=O)CCCCCCCCCCCCCCCCCC. The monoisotopic (exact) mass is 883 g/mol. The van der Waals surface area contributed by atoms with Crippen molar-refractivity contribution >= 4 is 22.1 Å². The summed E-state index contributed by atoms with van der Waals surface area (Å²) in [6.07, 6.45) is 37.0. The van der Waals surface area contributed by atoms with Gasteiger partial charge in [0.2, 0.25) is 0 Å². The first-order chi connectivity index (χ1) is 29.5. The third kappa shape index (κ3) is 32.7. The fourth-order valence-corrected chi connectivity index (χ4v) is 7.46. The van der Waals surface area contributed by atoms with E-state index < -0.39 is 71.2 Å². The molecule has 1 rings (SSSR count). The summed E-state index contributed by atoms with van der Waals surface area (Å²) < 4.78 is 54.0. The normalized spacial score (nSPS) is 20.5. The van der Waals surface area contributed by atoms with Crippen molar-refractivity contribution in [2.45, 2.75) is 211 Å². The van der Waals surface area contributed by atoms with E-state index in [0.717, 1.165) is 51.4 Å². The molecule has 0 spiro atoms. The van der Waals surface area contributed by atoms with Crippen molar-refractivity contribution in [1.82, 2.24) is 0 Å². The number of aliphatic hydroxyl groups excluding tert-OH is 3. The smallest absolute Gasteiger partial charge is 0.306 e. The van der Waals surface area contributed by atoms with E-state index in [1.807, 2.05) is 12.2 Å². The van der Waals surface area contributed by atoms with Crippen molar-refractivity contribution < 1.29 is 56.8 Å². The van der Waals surface area contributed by atoms with Gasteiger partial charge in [0.05, 0.1) is 6.61 Å². The van der Waals surface area contributed by atoms with Crippen molar-refractivity contribution in [2.24, 2.45) is 0 Å². The van der Waals surface area contributed by atoms with Gasteiger partial charge in [-0.05, 0) is 51.4 Å². The van der Waals surface area contributed by atoms with E-state index in [-0.39, 0.29) is 19.4 Å². The van der Waals surface area contributed by atoms with Crippen LogP contribution in [0.5, 0.6) is 0 Å². The zero-order valence-electron chi connectivity index (χ0n) is 37.5. The molecule has 352 valence electrons. The van der Waals surface area contributed by atoms with Gasteiger partial charge in [-0.1, -0.05) is 171 Å². The zero-order chi connectivity index (χ0) is 44.8. The molecule has 2 unspecified atom stereocenters. The van der Waals surface area contributed by atoms with Crippen LogP contribution in [0.4, 0.5) is 0 Å². The molecule has 12 nitrogen and oxygen atoms in total. The summed E-state index contributed by atoms with van der Waals surface area (Å²) in [5.41, 5.74) is 0. The maximum Gasteiger partial charge on any atom is 0.306 e. The van der Waals surface area contributed by atoms with Crippen LogP contribution in [0.1, 0.15) is 174 Å². The number of ether oxygens (including phenoxy) is 4. The maximum atomic E-state index is 12.8. The molecule has 1 fully saturated rings. The Hall–Kier alpha value is -2.65. The Kier molecular flexibility index (Phi) is 35.0. The molecule has 0 amide bonds. The first-order valence-electron chi connectivity index (χ1n) is 23.3. The number of hydrogen-bond acceptors (Lipinski definition) is 11. The van der Waals surface area contributed by atoms with Crippen LogP contribution in [-0.4, -0.2) is 96.0 Å². The van der Waals surface area contributed by atoms with Gasteiger partial charge in [-0.2, -0.15) is 8.42 Å². The summed E-state index contributed by atoms with van der Waals surface area (Å²) >= 11 is 0. The molecule has 0 aliphatic carbocycles. The summed E-state index contributed by atoms with van der Waals surface area (Å²) in [4.78, 5) is 25.4. The molecule has 13 heteroatoms. The molecule has 0 bridgehead atoms. The van der Waals surface area contributed by atoms with E-state index in [1.54, 1.807) is 0 Å². The molecular formula is C48H82O12S. The van der Waals surface area contributed by atoms with Crippen LogP contribution < -0.4 is 0 Å². The van der Waals surface area contributed by atoms with E-state index >= 15 is 0 Å². The van der Waals surface area contributed by atoms with Gasteiger partial charge in [0.1, 0.15) is 36.8 Å². The molecule has 0 radical (unpaired) electrons. The lowest BCUT2D eigenvalue weighted by atomic mass is 10.00. The highest BCUT2D eigenvalue weighted by atomic mass is 32.2. The van der Waals surface area contributed by atoms with Crippen molar-refractivity contribution in [3.8, 4) is 0 Å². The van der Waals surface area contributed by atoms with Gasteiger partial charge >= 0.3 is 11.9 Å². The number of allylic oxidation sites excluding steroid dienone is 10. The average Bonchev–Trinajstić information content (AvgIpc) is 3.22. The fraction of sp³-hybridized carbons (Fsp3) is 0.750. The van der Waals surface area contributed by atoms with E-state index in [9.17, 15) is 37.9 Å². The van der Waals surface area contributed by atoms with Gasteiger partial charge in [0, 0.05) is 12.8 Å². The van der Waals surface area contributed by atoms with Crippen LogP contribution in [-0.2, 0) is 38.7 Å². The molecule has 61 heavy (non-hydrogen) atoms. The highest BCUT2D eigenvalue weighted by Crippen LogP contribution is 2.24. The molecule has 0 aromatic carbocycles. The van der Waals surface area contributed by atoms with Crippen LogP contribution in [0.3, 0.4) is 0 Å². The van der Waals surface area contributed by atoms with Crippen molar-refractivity contribution in [3.05, 3.63) is 60.8 Å². The number of hydrogen-bond donors (Lipinski definition) is 4. The Bertz CT molecular complexity index is 1360. The predicted molar refractivity (Wildman–Crippen MR) is 242 cm³/mol. The van der Waals surface area contributed by atoms with E-state index in [0.29, 0.717) is 19.3 Å². The van der Waals surface area contributed by atoms with Gasteiger partial charge in [-0.25, -0.2) is 0 Å². The molecule has 1 saturated heterocycles. The first kappa shape index (κ1) is 56.4. The Labute approximate surface area is 368 Å². The second-order valence-electron chi connectivity index (χ2n) is 16.0. The largest absolute Gasteiger partial charge is 0.462 e. The highest BCUT2D eigenvalue weighted by molar-refractivity contribution is 7.85. The molecule has 0 aromatic heterocycles. The molecule has 6 atom stereocenters. The molecule has 1 heterocycles. The van der Waals surface area contributed by atoms with Crippen LogP contribution in [0.2, 0.25) is 0 Å². The molecular weight excluding hydrogens is 801 g/mol. The molecule has 1 aliphatic heterocycles. The minimum absolute atomic E-state index is 0.140. The van der Waals surface area contributed by atoms with E-state index in [2.05, 4.69) is 62.5 Å². The third-order valence-electron chi connectivity index (χ3n) is 10.4. The van der Waals surface area contributed by atoms with Gasteiger partial charge < -0.3 is 34.3 Å². The third-order valence-corrected chi connectivity index (χ3v) is 11.1. The fourth-order valence-electron chi connectivity index (χ4n) is 6.77. The number of carbonyl (C=O) groups is 2.